The number of carbonyl (C=O) groups is 1. The predicted octanol–water partition coefficient (Wildman–Crippen LogP) is 2.35. The number of aliphatic imine (C=N–C) groups is 1. The van der Waals surface area contributed by atoms with Crippen LogP contribution in [0.1, 0.15) is 18.6 Å². The number of thioether (sulfide) groups is 1. The molecule has 0 spiro atoms. The van der Waals surface area contributed by atoms with Gasteiger partial charge in [-0.15, -0.1) is 0 Å². The van der Waals surface area contributed by atoms with E-state index < -0.39 is 0 Å². The van der Waals surface area contributed by atoms with E-state index in [0.717, 1.165) is 18.3 Å². The van der Waals surface area contributed by atoms with Gasteiger partial charge in [0.1, 0.15) is 5.76 Å². The first kappa shape index (κ1) is 10.7. The zero-order chi connectivity index (χ0) is 11.7. The van der Waals surface area contributed by atoms with E-state index in [-0.39, 0.29) is 5.91 Å². The zero-order valence-corrected chi connectivity index (χ0v) is 10.1. The molecule has 3 rings (SSSR count). The molecule has 0 aliphatic carbocycles. The molecule has 4 nitrogen and oxygen atoms in total. The average Bonchev–Trinajstić information content (AvgIpc) is 3.02. The van der Waals surface area contributed by atoms with Gasteiger partial charge in [0.2, 0.25) is 0 Å². The first-order valence-electron chi connectivity index (χ1n) is 5.64. The van der Waals surface area contributed by atoms with Crippen LogP contribution in [0, 0.1) is 0 Å². The van der Waals surface area contributed by atoms with E-state index in [2.05, 4.69) is 9.89 Å². The second-order valence-corrected chi connectivity index (χ2v) is 5.03. The van der Waals surface area contributed by atoms with Gasteiger partial charge in [0.15, 0.2) is 5.17 Å². The summed E-state index contributed by atoms with van der Waals surface area (Å²) in [5.41, 5.74) is 0. The SMILES string of the molecule is O=C1N=C(N2CCCC2)S/C1=C\c1ccco1. The third-order valence-corrected chi connectivity index (χ3v) is 3.85. The number of nitrogens with zero attached hydrogens (tertiary/aromatic N) is 2. The van der Waals surface area contributed by atoms with E-state index in [0.29, 0.717) is 10.7 Å². The quantitative estimate of drug-likeness (QED) is 0.716. The van der Waals surface area contributed by atoms with E-state index >= 15 is 0 Å². The summed E-state index contributed by atoms with van der Waals surface area (Å²) in [6, 6.07) is 3.63. The van der Waals surface area contributed by atoms with Crippen molar-refractivity contribution in [2.45, 2.75) is 12.8 Å². The van der Waals surface area contributed by atoms with Gasteiger partial charge >= 0.3 is 0 Å². The van der Waals surface area contributed by atoms with Crippen LogP contribution in [0.15, 0.2) is 32.7 Å². The molecule has 17 heavy (non-hydrogen) atoms. The Balaban J connectivity index is 1.77. The van der Waals surface area contributed by atoms with Crippen molar-refractivity contribution in [1.29, 1.82) is 0 Å². The van der Waals surface area contributed by atoms with Gasteiger partial charge in [-0.05, 0) is 36.7 Å². The molecule has 1 saturated heterocycles. The Morgan fingerprint density at radius 1 is 1.41 bits per heavy atom. The summed E-state index contributed by atoms with van der Waals surface area (Å²) < 4.78 is 5.20. The Bertz CT molecular complexity index is 485. The maximum atomic E-state index is 11.7. The third-order valence-electron chi connectivity index (χ3n) is 2.80. The molecular formula is C12H12N2O2S. The molecule has 88 valence electrons. The largest absolute Gasteiger partial charge is 0.465 e. The number of carbonyl (C=O) groups excluding carboxylic acids is 1. The molecule has 0 atom stereocenters. The fourth-order valence-electron chi connectivity index (χ4n) is 1.94. The maximum Gasteiger partial charge on any atom is 0.286 e. The summed E-state index contributed by atoms with van der Waals surface area (Å²) in [5.74, 6) is 0.534. The van der Waals surface area contributed by atoms with Crippen molar-refractivity contribution >= 4 is 28.9 Å². The van der Waals surface area contributed by atoms with Crippen molar-refractivity contribution in [2.24, 2.45) is 4.99 Å². The number of furan rings is 1. The highest BCUT2D eigenvalue weighted by molar-refractivity contribution is 8.18. The lowest BCUT2D eigenvalue weighted by Gasteiger charge is -2.14. The van der Waals surface area contributed by atoms with Gasteiger partial charge in [-0.2, -0.15) is 4.99 Å². The first-order chi connectivity index (χ1) is 8.33. The molecule has 1 aromatic heterocycles. The maximum absolute atomic E-state index is 11.7. The average molecular weight is 248 g/mol. The molecule has 2 aliphatic heterocycles. The monoisotopic (exact) mass is 248 g/mol. The van der Waals surface area contributed by atoms with Crippen molar-refractivity contribution in [1.82, 2.24) is 4.90 Å². The molecule has 1 amide bonds. The van der Waals surface area contributed by atoms with Crippen LogP contribution in [-0.2, 0) is 4.79 Å². The van der Waals surface area contributed by atoms with E-state index in [1.807, 2.05) is 6.07 Å². The van der Waals surface area contributed by atoms with E-state index in [9.17, 15) is 4.79 Å². The Kier molecular flexibility index (Phi) is 2.76. The van der Waals surface area contributed by atoms with Crippen molar-refractivity contribution in [3.63, 3.8) is 0 Å². The van der Waals surface area contributed by atoms with Crippen LogP contribution >= 0.6 is 11.8 Å². The third kappa shape index (κ3) is 2.15. The summed E-state index contributed by atoms with van der Waals surface area (Å²) >= 11 is 1.44. The Morgan fingerprint density at radius 3 is 2.94 bits per heavy atom. The van der Waals surface area contributed by atoms with Crippen LogP contribution in [0.5, 0.6) is 0 Å². The van der Waals surface area contributed by atoms with Crippen molar-refractivity contribution in [3.05, 3.63) is 29.1 Å². The summed E-state index contributed by atoms with van der Waals surface area (Å²) in [6.45, 7) is 2.01. The lowest BCUT2D eigenvalue weighted by atomic mass is 10.4. The summed E-state index contributed by atoms with van der Waals surface area (Å²) in [6.07, 6.45) is 5.72. The lowest BCUT2D eigenvalue weighted by Crippen LogP contribution is -2.23. The van der Waals surface area contributed by atoms with Crippen LogP contribution in [0.3, 0.4) is 0 Å². The van der Waals surface area contributed by atoms with Gasteiger partial charge in [0.05, 0.1) is 11.2 Å². The summed E-state index contributed by atoms with van der Waals surface area (Å²) in [4.78, 5) is 18.6. The van der Waals surface area contributed by atoms with E-state index in [1.54, 1.807) is 18.4 Å². The Hall–Kier alpha value is -1.49. The second-order valence-electron chi connectivity index (χ2n) is 4.02. The van der Waals surface area contributed by atoms with Crippen LogP contribution in [-0.4, -0.2) is 29.1 Å². The molecule has 0 radical (unpaired) electrons. The number of hydrogen-bond acceptors (Lipinski definition) is 4. The lowest BCUT2D eigenvalue weighted by molar-refractivity contribution is -0.113. The number of amidine groups is 1. The number of likely N-dealkylation sites (tertiary alicyclic amines) is 1. The highest BCUT2D eigenvalue weighted by atomic mass is 32.2. The summed E-state index contributed by atoms with van der Waals surface area (Å²) in [7, 11) is 0. The highest BCUT2D eigenvalue weighted by Gasteiger charge is 2.27. The molecule has 1 fully saturated rings. The van der Waals surface area contributed by atoms with Crippen molar-refractivity contribution in [3.8, 4) is 0 Å². The first-order valence-corrected chi connectivity index (χ1v) is 6.45. The second kappa shape index (κ2) is 4.41. The molecule has 1 aromatic rings. The molecule has 0 bridgehead atoms. The van der Waals surface area contributed by atoms with Gasteiger partial charge in [0, 0.05) is 19.2 Å². The summed E-state index contributed by atoms with van der Waals surface area (Å²) in [5, 5.41) is 0.838. The fourth-order valence-corrected chi connectivity index (χ4v) is 2.89. The minimum absolute atomic E-state index is 0.159. The van der Waals surface area contributed by atoms with Crippen LogP contribution in [0.4, 0.5) is 0 Å². The van der Waals surface area contributed by atoms with E-state index in [4.69, 9.17) is 4.42 Å². The molecule has 0 N–H and O–H groups in total. The molecule has 5 heteroatoms. The minimum Gasteiger partial charge on any atom is -0.465 e. The van der Waals surface area contributed by atoms with Crippen molar-refractivity contribution in [2.75, 3.05) is 13.1 Å². The number of amides is 1. The molecular weight excluding hydrogens is 236 g/mol. The van der Waals surface area contributed by atoms with Crippen LogP contribution < -0.4 is 0 Å². The normalized spacial score (nSPS) is 22.6. The highest BCUT2D eigenvalue weighted by Crippen LogP contribution is 2.31. The molecule has 3 heterocycles. The van der Waals surface area contributed by atoms with E-state index in [1.165, 1.54) is 24.6 Å². The predicted molar refractivity (Wildman–Crippen MR) is 67.5 cm³/mol. The number of hydrogen-bond donors (Lipinski definition) is 0. The molecule has 0 unspecified atom stereocenters. The van der Waals surface area contributed by atoms with Gasteiger partial charge in [-0.25, -0.2) is 0 Å². The zero-order valence-electron chi connectivity index (χ0n) is 9.26. The van der Waals surface area contributed by atoms with Gasteiger partial charge < -0.3 is 9.32 Å². The molecule has 0 saturated carbocycles. The smallest absolute Gasteiger partial charge is 0.286 e. The van der Waals surface area contributed by atoms with Crippen LogP contribution in [0.25, 0.3) is 6.08 Å². The standard InChI is InChI=1S/C12H12N2O2S/c15-11-10(8-9-4-3-7-16-9)17-12(13-11)14-5-1-2-6-14/h3-4,7-8H,1-2,5-6H2/b10-8-. The Morgan fingerprint density at radius 2 is 2.24 bits per heavy atom. The minimum atomic E-state index is -0.159. The van der Waals surface area contributed by atoms with Gasteiger partial charge in [-0.3, -0.25) is 4.79 Å². The Labute approximate surface area is 103 Å². The fraction of sp³-hybridized carbons (Fsp3) is 0.333. The molecule has 2 aliphatic rings. The van der Waals surface area contributed by atoms with Gasteiger partial charge in [-0.1, -0.05) is 0 Å². The molecule has 0 aromatic carbocycles. The number of rotatable bonds is 1. The topological polar surface area (TPSA) is 45.8 Å². The van der Waals surface area contributed by atoms with Crippen LogP contribution in [0.2, 0.25) is 0 Å². The van der Waals surface area contributed by atoms with Crippen molar-refractivity contribution < 1.29 is 9.21 Å². The van der Waals surface area contributed by atoms with Gasteiger partial charge in [0.25, 0.3) is 5.91 Å².